The predicted molar refractivity (Wildman–Crippen MR) is 67.7 cm³/mol. The van der Waals surface area contributed by atoms with Gasteiger partial charge in [-0.1, -0.05) is 12.8 Å². The van der Waals surface area contributed by atoms with Crippen molar-refractivity contribution in [2.45, 2.75) is 38.1 Å². The second kappa shape index (κ2) is 4.80. The highest BCUT2D eigenvalue weighted by atomic mass is 16.4. The van der Waals surface area contributed by atoms with Crippen LogP contribution < -0.4 is 5.32 Å². The standard InChI is InChI=1S/C14H17NO3/c1-14(8-2-3-9-14)15-12(16)10-4-6-11(7-5-10)13(17)18/h4-7H,2-3,8-9H2,1H3,(H,15,16)(H,17,18). The molecule has 2 rings (SSSR count). The lowest BCUT2D eigenvalue weighted by atomic mass is 10.00. The number of carboxylic acids is 1. The second-order valence-electron chi connectivity index (χ2n) is 5.10. The van der Waals surface area contributed by atoms with E-state index in [2.05, 4.69) is 12.2 Å². The van der Waals surface area contributed by atoms with E-state index in [0.29, 0.717) is 5.56 Å². The molecule has 1 aliphatic carbocycles. The Hall–Kier alpha value is -1.84. The molecule has 0 saturated heterocycles. The van der Waals surface area contributed by atoms with Crippen LogP contribution in [0.1, 0.15) is 53.3 Å². The largest absolute Gasteiger partial charge is 0.478 e. The fourth-order valence-electron chi connectivity index (χ4n) is 2.39. The molecule has 1 fully saturated rings. The number of amides is 1. The smallest absolute Gasteiger partial charge is 0.335 e. The van der Waals surface area contributed by atoms with E-state index >= 15 is 0 Å². The summed E-state index contributed by atoms with van der Waals surface area (Å²) in [6.07, 6.45) is 4.31. The van der Waals surface area contributed by atoms with E-state index in [4.69, 9.17) is 5.11 Å². The number of aromatic carboxylic acids is 1. The van der Waals surface area contributed by atoms with Crippen molar-refractivity contribution in [2.24, 2.45) is 0 Å². The molecule has 1 amide bonds. The summed E-state index contributed by atoms with van der Waals surface area (Å²) in [5.41, 5.74) is 0.592. The highest BCUT2D eigenvalue weighted by Gasteiger charge is 2.30. The van der Waals surface area contributed by atoms with Gasteiger partial charge < -0.3 is 10.4 Å². The van der Waals surface area contributed by atoms with Gasteiger partial charge in [-0.15, -0.1) is 0 Å². The van der Waals surface area contributed by atoms with E-state index in [0.717, 1.165) is 25.7 Å². The Labute approximate surface area is 106 Å². The number of carbonyl (C=O) groups excluding carboxylic acids is 1. The number of rotatable bonds is 3. The average Bonchev–Trinajstić information content (AvgIpc) is 2.76. The zero-order valence-corrected chi connectivity index (χ0v) is 10.4. The molecule has 4 heteroatoms. The van der Waals surface area contributed by atoms with Gasteiger partial charge in [0.1, 0.15) is 0 Å². The van der Waals surface area contributed by atoms with Crippen LogP contribution in [0.25, 0.3) is 0 Å². The van der Waals surface area contributed by atoms with E-state index < -0.39 is 5.97 Å². The second-order valence-corrected chi connectivity index (χ2v) is 5.10. The quantitative estimate of drug-likeness (QED) is 0.862. The molecule has 4 nitrogen and oxygen atoms in total. The van der Waals surface area contributed by atoms with Gasteiger partial charge in [0.05, 0.1) is 5.56 Å². The predicted octanol–water partition coefficient (Wildman–Crippen LogP) is 2.45. The summed E-state index contributed by atoms with van der Waals surface area (Å²) in [4.78, 5) is 22.7. The first-order chi connectivity index (χ1) is 8.50. The number of carboxylic acid groups (broad SMARTS) is 1. The van der Waals surface area contributed by atoms with Crippen molar-refractivity contribution in [3.05, 3.63) is 35.4 Å². The van der Waals surface area contributed by atoms with Crippen LogP contribution in [0.3, 0.4) is 0 Å². The van der Waals surface area contributed by atoms with Gasteiger partial charge >= 0.3 is 5.97 Å². The fourth-order valence-corrected chi connectivity index (χ4v) is 2.39. The summed E-state index contributed by atoms with van der Waals surface area (Å²) >= 11 is 0. The van der Waals surface area contributed by atoms with Crippen molar-refractivity contribution in [1.29, 1.82) is 0 Å². The molecule has 96 valence electrons. The first-order valence-corrected chi connectivity index (χ1v) is 6.16. The lowest BCUT2D eigenvalue weighted by Crippen LogP contribution is -2.43. The van der Waals surface area contributed by atoms with Gasteiger partial charge in [0.15, 0.2) is 0 Å². The van der Waals surface area contributed by atoms with Crippen LogP contribution in [0.15, 0.2) is 24.3 Å². The van der Waals surface area contributed by atoms with E-state index in [1.165, 1.54) is 12.1 Å². The first kappa shape index (κ1) is 12.6. The van der Waals surface area contributed by atoms with E-state index in [1.807, 2.05) is 0 Å². The van der Waals surface area contributed by atoms with Crippen molar-refractivity contribution < 1.29 is 14.7 Å². The molecule has 1 aliphatic rings. The lowest BCUT2D eigenvalue weighted by Gasteiger charge is -2.25. The van der Waals surface area contributed by atoms with Crippen LogP contribution in [-0.4, -0.2) is 22.5 Å². The van der Waals surface area contributed by atoms with Crippen molar-refractivity contribution >= 4 is 11.9 Å². The van der Waals surface area contributed by atoms with Crippen LogP contribution in [0.2, 0.25) is 0 Å². The monoisotopic (exact) mass is 247 g/mol. The molecule has 0 spiro atoms. The van der Waals surface area contributed by atoms with Gasteiger partial charge in [0, 0.05) is 11.1 Å². The molecule has 1 aromatic carbocycles. The van der Waals surface area contributed by atoms with Crippen LogP contribution >= 0.6 is 0 Å². The minimum atomic E-state index is -0.982. The Morgan fingerprint density at radius 1 is 1.11 bits per heavy atom. The zero-order valence-electron chi connectivity index (χ0n) is 10.4. The van der Waals surface area contributed by atoms with Crippen molar-refractivity contribution in [3.8, 4) is 0 Å². The molecule has 0 aromatic heterocycles. The van der Waals surface area contributed by atoms with Crippen molar-refractivity contribution in [3.63, 3.8) is 0 Å². The molecule has 1 saturated carbocycles. The minimum absolute atomic E-state index is 0.109. The van der Waals surface area contributed by atoms with Gasteiger partial charge in [-0.05, 0) is 44.0 Å². The Balaban J connectivity index is 2.07. The fraction of sp³-hybridized carbons (Fsp3) is 0.429. The third-order valence-corrected chi connectivity index (χ3v) is 3.52. The normalized spacial score (nSPS) is 17.4. The van der Waals surface area contributed by atoms with Gasteiger partial charge in [0.2, 0.25) is 0 Å². The molecule has 0 radical (unpaired) electrons. The Morgan fingerprint density at radius 2 is 1.61 bits per heavy atom. The summed E-state index contributed by atoms with van der Waals surface area (Å²) in [5, 5.41) is 11.8. The number of hydrogen-bond acceptors (Lipinski definition) is 2. The van der Waals surface area contributed by atoms with Gasteiger partial charge in [-0.25, -0.2) is 4.79 Å². The molecule has 18 heavy (non-hydrogen) atoms. The van der Waals surface area contributed by atoms with Crippen LogP contribution in [0.5, 0.6) is 0 Å². The maximum Gasteiger partial charge on any atom is 0.335 e. The maximum atomic E-state index is 12.0. The maximum absolute atomic E-state index is 12.0. The van der Waals surface area contributed by atoms with E-state index in [-0.39, 0.29) is 17.0 Å². The highest BCUT2D eigenvalue weighted by Crippen LogP contribution is 2.29. The summed E-state index contributed by atoms with van der Waals surface area (Å²) in [6, 6.07) is 6.01. The molecule has 2 N–H and O–H groups in total. The summed E-state index contributed by atoms with van der Waals surface area (Å²) in [5.74, 6) is -1.11. The van der Waals surface area contributed by atoms with E-state index in [9.17, 15) is 9.59 Å². The van der Waals surface area contributed by atoms with Gasteiger partial charge in [0.25, 0.3) is 5.91 Å². The molecule has 0 atom stereocenters. The number of carbonyl (C=O) groups is 2. The molecule has 0 bridgehead atoms. The Morgan fingerprint density at radius 3 is 2.11 bits per heavy atom. The van der Waals surface area contributed by atoms with Gasteiger partial charge in [-0.2, -0.15) is 0 Å². The zero-order chi connectivity index (χ0) is 13.2. The van der Waals surface area contributed by atoms with Gasteiger partial charge in [-0.3, -0.25) is 4.79 Å². The Bertz CT molecular complexity index is 458. The van der Waals surface area contributed by atoms with Crippen LogP contribution in [0.4, 0.5) is 0 Å². The Kier molecular flexibility index (Phi) is 3.36. The summed E-state index contributed by atoms with van der Waals surface area (Å²) in [6.45, 7) is 2.06. The third-order valence-electron chi connectivity index (χ3n) is 3.52. The molecular weight excluding hydrogens is 230 g/mol. The molecule has 0 unspecified atom stereocenters. The number of benzene rings is 1. The van der Waals surface area contributed by atoms with Crippen LogP contribution in [0, 0.1) is 0 Å². The summed E-state index contributed by atoms with van der Waals surface area (Å²) in [7, 11) is 0. The molecular formula is C14H17NO3. The van der Waals surface area contributed by atoms with E-state index in [1.54, 1.807) is 12.1 Å². The lowest BCUT2D eigenvalue weighted by molar-refractivity contribution is 0.0696. The molecule has 1 aromatic rings. The first-order valence-electron chi connectivity index (χ1n) is 6.16. The van der Waals surface area contributed by atoms with Crippen LogP contribution in [-0.2, 0) is 0 Å². The average molecular weight is 247 g/mol. The minimum Gasteiger partial charge on any atom is -0.478 e. The summed E-state index contributed by atoms with van der Waals surface area (Å²) < 4.78 is 0. The molecule has 0 heterocycles. The van der Waals surface area contributed by atoms with Crippen molar-refractivity contribution in [1.82, 2.24) is 5.32 Å². The number of nitrogens with one attached hydrogen (secondary N) is 1. The SMILES string of the molecule is CC1(NC(=O)c2ccc(C(=O)O)cc2)CCCC1. The highest BCUT2D eigenvalue weighted by molar-refractivity contribution is 5.96. The molecule has 0 aliphatic heterocycles. The van der Waals surface area contributed by atoms with Crippen molar-refractivity contribution in [2.75, 3.05) is 0 Å². The number of hydrogen-bond donors (Lipinski definition) is 2. The third kappa shape index (κ3) is 2.70. The topological polar surface area (TPSA) is 66.4 Å².